The van der Waals surface area contributed by atoms with Crippen molar-refractivity contribution in [2.24, 2.45) is 0 Å². The van der Waals surface area contributed by atoms with Crippen LogP contribution < -0.4 is 10.0 Å². The van der Waals surface area contributed by atoms with E-state index in [1.54, 1.807) is 18.7 Å². The van der Waals surface area contributed by atoms with Crippen molar-refractivity contribution in [3.8, 4) is 6.07 Å². The minimum absolute atomic E-state index is 0.217. The summed E-state index contributed by atoms with van der Waals surface area (Å²) in [6, 6.07) is 6.12. The maximum Gasteiger partial charge on any atom is 0.270 e. The van der Waals surface area contributed by atoms with Gasteiger partial charge >= 0.3 is 0 Å². The number of hydrogen-bond donors (Lipinski definition) is 3. The van der Waals surface area contributed by atoms with Crippen LogP contribution in [0.4, 0.5) is 5.69 Å². The van der Waals surface area contributed by atoms with Gasteiger partial charge in [0.25, 0.3) is 5.91 Å². The SMILES string of the molecule is COCCNC(=O)c1csc(SNc2ccc(C)c3c(C#N)c[nH]c23)n1. The predicted octanol–water partition coefficient (Wildman–Crippen LogP) is 3.30. The number of H-pyrrole nitrogens is 1. The third-order valence-corrected chi connectivity index (χ3v) is 5.48. The summed E-state index contributed by atoms with van der Waals surface area (Å²) in [6.07, 6.45) is 1.71. The fraction of sp³-hybridized carbons (Fsp3) is 0.235. The molecule has 0 aliphatic rings. The zero-order valence-corrected chi connectivity index (χ0v) is 15.9. The number of nitrogens with one attached hydrogen (secondary N) is 3. The molecule has 3 N–H and O–H groups in total. The maximum atomic E-state index is 12.0. The van der Waals surface area contributed by atoms with E-state index in [9.17, 15) is 10.1 Å². The summed E-state index contributed by atoms with van der Waals surface area (Å²) in [4.78, 5) is 19.4. The summed E-state index contributed by atoms with van der Waals surface area (Å²) in [7, 11) is 1.58. The Kier molecular flexibility index (Phi) is 5.78. The van der Waals surface area contributed by atoms with Crippen LogP contribution in [0.5, 0.6) is 0 Å². The lowest BCUT2D eigenvalue weighted by atomic mass is 10.1. The van der Waals surface area contributed by atoms with Crippen LogP contribution in [-0.4, -0.2) is 36.1 Å². The van der Waals surface area contributed by atoms with Crippen molar-refractivity contribution in [1.29, 1.82) is 5.26 Å². The number of fused-ring (bicyclic) bond motifs is 1. The molecule has 0 unspecified atom stereocenters. The monoisotopic (exact) mass is 387 g/mol. The number of nitriles is 1. The Morgan fingerprint density at radius 1 is 1.50 bits per heavy atom. The van der Waals surface area contributed by atoms with Gasteiger partial charge in [0, 0.05) is 42.6 Å². The number of thiazole rings is 1. The van der Waals surface area contributed by atoms with E-state index in [1.165, 1.54) is 23.3 Å². The first-order chi connectivity index (χ1) is 12.6. The topological polar surface area (TPSA) is 103 Å². The minimum atomic E-state index is -0.217. The minimum Gasteiger partial charge on any atom is -0.383 e. The molecule has 0 aliphatic heterocycles. The Hall–Kier alpha value is -2.54. The van der Waals surface area contributed by atoms with Gasteiger partial charge in [-0.1, -0.05) is 6.07 Å². The van der Waals surface area contributed by atoms with Gasteiger partial charge in [0.05, 0.1) is 23.4 Å². The molecule has 2 heterocycles. The lowest BCUT2D eigenvalue weighted by Gasteiger charge is -2.06. The zero-order valence-electron chi connectivity index (χ0n) is 14.3. The Morgan fingerprint density at radius 3 is 3.12 bits per heavy atom. The van der Waals surface area contributed by atoms with Gasteiger partial charge in [0.15, 0.2) is 4.34 Å². The molecular weight excluding hydrogens is 370 g/mol. The Bertz CT molecular complexity index is 973. The second-order valence-electron chi connectivity index (χ2n) is 5.45. The van der Waals surface area contributed by atoms with Gasteiger partial charge in [-0.25, -0.2) is 4.98 Å². The van der Waals surface area contributed by atoms with Crippen LogP contribution in [0.3, 0.4) is 0 Å². The summed E-state index contributed by atoms with van der Waals surface area (Å²) in [5.74, 6) is -0.217. The van der Waals surface area contributed by atoms with E-state index in [0.29, 0.717) is 24.4 Å². The highest BCUT2D eigenvalue weighted by Gasteiger charge is 2.13. The van der Waals surface area contributed by atoms with Crippen molar-refractivity contribution in [2.45, 2.75) is 11.3 Å². The van der Waals surface area contributed by atoms with Crippen molar-refractivity contribution in [2.75, 3.05) is 25.0 Å². The summed E-state index contributed by atoms with van der Waals surface area (Å²) in [6.45, 7) is 2.88. The van der Waals surface area contributed by atoms with Crippen molar-refractivity contribution in [3.05, 3.63) is 40.5 Å². The largest absolute Gasteiger partial charge is 0.383 e. The summed E-state index contributed by atoms with van der Waals surface area (Å²) in [5.41, 5.74) is 3.78. The number of carbonyl (C=O) groups excluding carboxylic acids is 1. The Balaban J connectivity index is 1.70. The number of ether oxygens (including phenoxy) is 1. The number of hydrogen-bond acceptors (Lipinski definition) is 7. The molecule has 1 aromatic carbocycles. The highest BCUT2D eigenvalue weighted by atomic mass is 32.2. The number of carbonyl (C=O) groups is 1. The van der Waals surface area contributed by atoms with E-state index >= 15 is 0 Å². The molecule has 1 amide bonds. The third-order valence-electron chi connectivity index (χ3n) is 3.72. The number of amides is 1. The van der Waals surface area contributed by atoms with Crippen molar-refractivity contribution >= 4 is 45.8 Å². The van der Waals surface area contributed by atoms with E-state index < -0.39 is 0 Å². The smallest absolute Gasteiger partial charge is 0.270 e. The van der Waals surface area contributed by atoms with Crippen LogP contribution in [-0.2, 0) is 4.74 Å². The molecule has 2 aromatic heterocycles. The first-order valence-corrected chi connectivity index (χ1v) is 9.50. The van der Waals surface area contributed by atoms with Crippen LogP contribution in [0, 0.1) is 18.3 Å². The molecule has 0 fully saturated rings. The molecule has 9 heteroatoms. The van der Waals surface area contributed by atoms with E-state index in [0.717, 1.165) is 26.5 Å². The standard InChI is InChI=1S/C17H17N5O2S2/c1-10-3-4-12(15-14(10)11(7-18)8-20-15)22-26-17-21-13(9-25-17)16(23)19-5-6-24-2/h3-4,8-9,20,22H,5-6H2,1-2H3,(H,19,23). The highest BCUT2D eigenvalue weighted by Crippen LogP contribution is 2.32. The van der Waals surface area contributed by atoms with Crippen LogP contribution in [0.25, 0.3) is 10.9 Å². The molecule has 3 aromatic rings. The molecule has 0 bridgehead atoms. The van der Waals surface area contributed by atoms with E-state index in [-0.39, 0.29) is 5.91 Å². The van der Waals surface area contributed by atoms with Crippen LogP contribution in [0.15, 0.2) is 28.0 Å². The lowest BCUT2D eigenvalue weighted by Crippen LogP contribution is -2.27. The Labute approximate surface area is 158 Å². The number of benzene rings is 1. The molecule has 0 aliphatic carbocycles. The average Bonchev–Trinajstić information content (AvgIpc) is 3.29. The first kappa shape index (κ1) is 18.3. The molecule has 0 spiro atoms. The second-order valence-corrected chi connectivity index (χ2v) is 7.36. The molecule has 26 heavy (non-hydrogen) atoms. The van der Waals surface area contributed by atoms with Crippen LogP contribution in [0.1, 0.15) is 21.6 Å². The van der Waals surface area contributed by atoms with Gasteiger partial charge in [0.1, 0.15) is 11.8 Å². The van der Waals surface area contributed by atoms with Crippen molar-refractivity contribution < 1.29 is 9.53 Å². The second kappa shape index (κ2) is 8.23. The maximum absolute atomic E-state index is 12.0. The third kappa shape index (κ3) is 3.83. The van der Waals surface area contributed by atoms with Crippen LogP contribution in [0.2, 0.25) is 0 Å². The average molecular weight is 387 g/mol. The van der Waals surface area contributed by atoms with Gasteiger partial charge in [0.2, 0.25) is 0 Å². The van der Waals surface area contributed by atoms with E-state index in [2.05, 4.69) is 26.1 Å². The van der Waals surface area contributed by atoms with Gasteiger partial charge in [-0.3, -0.25) is 4.79 Å². The van der Waals surface area contributed by atoms with Crippen molar-refractivity contribution in [1.82, 2.24) is 15.3 Å². The lowest BCUT2D eigenvalue weighted by molar-refractivity contribution is 0.0932. The molecule has 134 valence electrons. The van der Waals surface area contributed by atoms with E-state index in [4.69, 9.17) is 4.74 Å². The van der Waals surface area contributed by atoms with E-state index in [1.807, 2.05) is 19.1 Å². The van der Waals surface area contributed by atoms with Gasteiger partial charge in [-0.2, -0.15) is 5.26 Å². The van der Waals surface area contributed by atoms with Gasteiger partial charge in [-0.05, 0) is 18.6 Å². The zero-order chi connectivity index (χ0) is 18.5. The molecule has 7 nitrogen and oxygen atoms in total. The summed E-state index contributed by atoms with van der Waals surface area (Å²) >= 11 is 2.72. The Morgan fingerprint density at radius 2 is 2.35 bits per heavy atom. The van der Waals surface area contributed by atoms with Crippen LogP contribution >= 0.6 is 23.3 Å². The molecule has 0 saturated carbocycles. The first-order valence-electron chi connectivity index (χ1n) is 7.80. The van der Waals surface area contributed by atoms with Crippen molar-refractivity contribution in [3.63, 3.8) is 0 Å². The summed E-state index contributed by atoms with van der Waals surface area (Å²) < 4.78 is 8.87. The molecular formula is C17H17N5O2S2. The number of rotatable bonds is 7. The fourth-order valence-corrected chi connectivity index (χ4v) is 3.95. The molecule has 0 atom stereocenters. The number of anilines is 1. The number of aryl methyl sites for hydroxylation is 1. The quantitative estimate of drug-likeness (QED) is 0.425. The normalized spacial score (nSPS) is 10.7. The fourth-order valence-electron chi connectivity index (χ4n) is 2.46. The molecule has 0 radical (unpaired) electrons. The molecule has 0 saturated heterocycles. The molecule has 3 rings (SSSR count). The predicted molar refractivity (Wildman–Crippen MR) is 104 cm³/mol. The number of aromatic amines is 1. The highest BCUT2D eigenvalue weighted by molar-refractivity contribution is 8.02. The summed E-state index contributed by atoms with van der Waals surface area (Å²) in [5, 5.41) is 14.6. The van der Waals surface area contributed by atoms with Gasteiger partial charge in [-0.15, -0.1) is 11.3 Å². The number of aromatic nitrogens is 2. The number of methoxy groups -OCH3 is 1. The van der Waals surface area contributed by atoms with Gasteiger partial charge < -0.3 is 19.8 Å². The number of nitrogens with zero attached hydrogens (tertiary/aromatic N) is 2.